The monoisotopic (exact) mass is 235 g/mol. The molecule has 1 unspecified atom stereocenters. The predicted octanol–water partition coefficient (Wildman–Crippen LogP) is 4.07. The summed E-state index contributed by atoms with van der Waals surface area (Å²) in [5, 5.41) is 3.39. The van der Waals surface area contributed by atoms with E-state index in [0.29, 0.717) is 6.04 Å². The zero-order valence-electron chi connectivity index (χ0n) is 11.2. The SMILES string of the molecule is CCc1ccc(C(CCC2CCCC2)NC)o1. The number of aryl methyl sites for hydroxylation is 1. The van der Waals surface area contributed by atoms with Crippen LogP contribution in [-0.4, -0.2) is 7.05 Å². The Balaban J connectivity index is 1.86. The van der Waals surface area contributed by atoms with Gasteiger partial charge in [0.1, 0.15) is 11.5 Å². The molecule has 0 aliphatic heterocycles. The molecular formula is C15H25NO. The molecule has 0 amide bonds. The minimum Gasteiger partial charge on any atom is -0.464 e. The highest BCUT2D eigenvalue weighted by atomic mass is 16.3. The third-order valence-electron chi connectivity index (χ3n) is 4.06. The second kappa shape index (κ2) is 6.25. The van der Waals surface area contributed by atoms with Crippen molar-refractivity contribution in [3.63, 3.8) is 0 Å². The molecule has 0 bridgehead atoms. The van der Waals surface area contributed by atoms with Crippen molar-refractivity contribution in [3.05, 3.63) is 23.7 Å². The first-order chi connectivity index (χ1) is 8.33. The lowest BCUT2D eigenvalue weighted by Crippen LogP contribution is -2.16. The van der Waals surface area contributed by atoms with E-state index in [0.717, 1.165) is 23.9 Å². The van der Waals surface area contributed by atoms with Crippen LogP contribution in [0.3, 0.4) is 0 Å². The molecule has 0 radical (unpaired) electrons. The highest BCUT2D eigenvalue weighted by Gasteiger charge is 2.19. The fourth-order valence-corrected chi connectivity index (χ4v) is 2.90. The van der Waals surface area contributed by atoms with Gasteiger partial charge in [-0.2, -0.15) is 0 Å². The molecule has 1 aromatic rings. The van der Waals surface area contributed by atoms with Gasteiger partial charge in [-0.25, -0.2) is 0 Å². The summed E-state index contributed by atoms with van der Waals surface area (Å²) in [5.74, 6) is 3.18. The molecule has 1 heterocycles. The van der Waals surface area contributed by atoms with Crippen LogP contribution in [0.2, 0.25) is 0 Å². The maximum Gasteiger partial charge on any atom is 0.121 e. The fourth-order valence-electron chi connectivity index (χ4n) is 2.90. The Morgan fingerprint density at radius 2 is 2.12 bits per heavy atom. The minimum absolute atomic E-state index is 0.399. The average Bonchev–Trinajstić information content (AvgIpc) is 3.00. The summed E-state index contributed by atoms with van der Waals surface area (Å²) >= 11 is 0. The van der Waals surface area contributed by atoms with Crippen molar-refractivity contribution in [3.8, 4) is 0 Å². The molecule has 1 atom stereocenters. The largest absolute Gasteiger partial charge is 0.464 e. The molecule has 1 aliphatic carbocycles. The van der Waals surface area contributed by atoms with Crippen molar-refractivity contribution in [2.24, 2.45) is 5.92 Å². The fraction of sp³-hybridized carbons (Fsp3) is 0.733. The van der Waals surface area contributed by atoms with Crippen LogP contribution in [0.1, 0.15) is 63.0 Å². The van der Waals surface area contributed by atoms with Crippen LogP contribution in [0, 0.1) is 5.92 Å². The van der Waals surface area contributed by atoms with Crippen LogP contribution >= 0.6 is 0 Å². The molecule has 0 aromatic carbocycles. The van der Waals surface area contributed by atoms with Crippen molar-refractivity contribution in [2.45, 2.75) is 57.9 Å². The van der Waals surface area contributed by atoms with Crippen LogP contribution in [0.15, 0.2) is 16.5 Å². The van der Waals surface area contributed by atoms with E-state index < -0.39 is 0 Å². The van der Waals surface area contributed by atoms with Crippen molar-refractivity contribution in [1.82, 2.24) is 5.32 Å². The molecule has 0 saturated heterocycles. The standard InChI is InChI=1S/C15H25NO/c1-3-13-9-11-15(17-13)14(16-2)10-8-12-6-4-5-7-12/h9,11-12,14,16H,3-8,10H2,1-2H3. The van der Waals surface area contributed by atoms with Crippen molar-refractivity contribution in [2.75, 3.05) is 7.05 Å². The van der Waals surface area contributed by atoms with Gasteiger partial charge in [-0.05, 0) is 37.9 Å². The van der Waals surface area contributed by atoms with Gasteiger partial charge in [0.05, 0.1) is 6.04 Å². The Hall–Kier alpha value is -0.760. The second-order valence-corrected chi connectivity index (χ2v) is 5.23. The lowest BCUT2D eigenvalue weighted by atomic mass is 9.97. The van der Waals surface area contributed by atoms with Crippen molar-refractivity contribution in [1.29, 1.82) is 0 Å². The summed E-state index contributed by atoms with van der Waals surface area (Å²) in [4.78, 5) is 0. The summed E-state index contributed by atoms with van der Waals surface area (Å²) in [5.41, 5.74) is 0. The molecular weight excluding hydrogens is 210 g/mol. The number of hydrogen-bond acceptors (Lipinski definition) is 2. The molecule has 1 saturated carbocycles. The van der Waals surface area contributed by atoms with E-state index in [9.17, 15) is 0 Å². The van der Waals surface area contributed by atoms with E-state index in [1.54, 1.807) is 0 Å². The van der Waals surface area contributed by atoms with Gasteiger partial charge in [-0.3, -0.25) is 0 Å². The summed E-state index contributed by atoms with van der Waals surface area (Å²) in [7, 11) is 2.04. The lowest BCUT2D eigenvalue weighted by Gasteiger charge is -2.16. The second-order valence-electron chi connectivity index (χ2n) is 5.23. The maximum absolute atomic E-state index is 5.84. The van der Waals surface area contributed by atoms with Crippen LogP contribution in [0.5, 0.6) is 0 Å². The average molecular weight is 235 g/mol. The first kappa shape index (κ1) is 12.7. The summed E-state index contributed by atoms with van der Waals surface area (Å²) < 4.78 is 5.84. The van der Waals surface area contributed by atoms with Gasteiger partial charge in [0, 0.05) is 6.42 Å². The minimum atomic E-state index is 0.399. The molecule has 1 fully saturated rings. The lowest BCUT2D eigenvalue weighted by molar-refractivity contribution is 0.363. The van der Waals surface area contributed by atoms with Crippen molar-refractivity contribution < 1.29 is 4.42 Å². The number of hydrogen-bond donors (Lipinski definition) is 1. The molecule has 2 heteroatoms. The van der Waals surface area contributed by atoms with Crippen LogP contribution < -0.4 is 5.32 Å². The van der Waals surface area contributed by atoms with E-state index in [4.69, 9.17) is 4.42 Å². The third kappa shape index (κ3) is 3.35. The van der Waals surface area contributed by atoms with E-state index in [1.165, 1.54) is 38.5 Å². The Morgan fingerprint density at radius 3 is 2.71 bits per heavy atom. The van der Waals surface area contributed by atoms with Crippen LogP contribution in [0.25, 0.3) is 0 Å². The molecule has 1 aromatic heterocycles. The van der Waals surface area contributed by atoms with Gasteiger partial charge in [0.15, 0.2) is 0 Å². The summed E-state index contributed by atoms with van der Waals surface area (Å²) in [6.45, 7) is 2.13. The normalized spacial score (nSPS) is 18.7. The first-order valence-corrected chi connectivity index (χ1v) is 7.09. The topological polar surface area (TPSA) is 25.2 Å². The van der Waals surface area contributed by atoms with E-state index >= 15 is 0 Å². The predicted molar refractivity (Wildman–Crippen MR) is 71.1 cm³/mol. The van der Waals surface area contributed by atoms with Gasteiger partial charge < -0.3 is 9.73 Å². The van der Waals surface area contributed by atoms with Crippen LogP contribution in [-0.2, 0) is 6.42 Å². The van der Waals surface area contributed by atoms with E-state index in [2.05, 4.69) is 24.4 Å². The van der Waals surface area contributed by atoms with E-state index in [-0.39, 0.29) is 0 Å². The number of furan rings is 1. The molecule has 1 aliphatic rings. The highest BCUT2D eigenvalue weighted by Crippen LogP contribution is 2.31. The van der Waals surface area contributed by atoms with Gasteiger partial charge in [-0.1, -0.05) is 32.6 Å². The molecule has 2 rings (SSSR count). The van der Waals surface area contributed by atoms with E-state index in [1.807, 2.05) is 7.05 Å². The number of nitrogens with one attached hydrogen (secondary N) is 1. The van der Waals surface area contributed by atoms with Crippen molar-refractivity contribution >= 4 is 0 Å². The Bertz CT molecular complexity index is 325. The molecule has 17 heavy (non-hydrogen) atoms. The maximum atomic E-state index is 5.84. The Morgan fingerprint density at radius 1 is 1.35 bits per heavy atom. The number of rotatable bonds is 6. The Kier molecular flexibility index (Phi) is 4.66. The van der Waals surface area contributed by atoms with Gasteiger partial charge in [0.2, 0.25) is 0 Å². The van der Waals surface area contributed by atoms with Crippen LogP contribution in [0.4, 0.5) is 0 Å². The van der Waals surface area contributed by atoms with Gasteiger partial charge in [0.25, 0.3) is 0 Å². The zero-order valence-corrected chi connectivity index (χ0v) is 11.2. The molecule has 1 N–H and O–H groups in total. The Labute approximate surface area is 105 Å². The highest BCUT2D eigenvalue weighted by molar-refractivity contribution is 5.10. The molecule has 2 nitrogen and oxygen atoms in total. The zero-order chi connectivity index (χ0) is 12.1. The smallest absolute Gasteiger partial charge is 0.121 e. The molecule has 96 valence electrons. The first-order valence-electron chi connectivity index (χ1n) is 7.09. The quantitative estimate of drug-likeness (QED) is 0.804. The van der Waals surface area contributed by atoms with Gasteiger partial charge >= 0.3 is 0 Å². The summed E-state index contributed by atoms with van der Waals surface area (Å²) in [6.07, 6.45) is 9.29. The third-order valence-corrected chi connectivity index (χ3v) is 4.06. The summed E-state index contributed by atoms with van der Waals surface area (Å²) in [6, 6.07) is 4.64. The van der Waals surface area contributed by atoms with Gasteiger partial charge in [-0.15, -0.1) is 0 Å². The molecule has 0 spiro atoms.